The second-order valence-corrected chi connectivity index (χ2v) is 4.23. The number of cyclic esters (lactones) is 1. The summed E-state index contributed by atoms with van der Waals surface area (Å²) in [6.45, 7) is 3.83. The van der Waals surface area contributed by atoms with Crippen LogP contribution in [-0.4, -0.2) is 5.97 Å². The third-order valence-corrected chi connectivity index (χ3v) is 3.62. The van der Waals surface area contributed by atoms with Crippen LogP contribution in [0.15, 0.2) is 24.5 Å². The molecule has 2 nitrogen and oxygen atoms in total. The lowest BCUT2D eigenvalue weighted by Gasteiger charge is -2.38. The first-order chi connectivity index (χ1) is 6.27. The Balaban J connectivity index is 2.07. The second-order valence-electron chi connectivity index (χ2n) is 4.23. The van der Waals surface area contributed by atoms with Gasteiger partial charge in [-0.1, -0.05) is 18.7 Å². The van der Waals surface area contributed by atoms with Crippen molar-refractivity contribution in [1.29, 1.82) is 0 Å². The number of carbonyl (C=O) groups excluding carboxylic acids is 1. The molecule has 4 rings (SSSR count). The first-order valence-corrected chi connectivity index (χ1v) is 4.86. The molecule has 2 heteroatoms. The molecule has 2 fully saturated rings. The summed E-state index contributed by atoms with van der Waals surface area (Å²) in [4.78, 5) is 11.5. The number of carbonyl (C=O) groups is 1. The lowest BCUT2D eigenvalue weighted by atomic mass is 9.63. The SMILES string of the molecule is C=C1OC(=O)C2C3C=CC(CC3)C12. The topological polar surface area (TPSA) is 26.3 Å². The molecule has 0 N–H and O–H groups in total. The fourth-order valence-corrected chi connectivity index (χ4v) is 3.02. The first-order valence-electron chi connectivity index (χ1n) is 4.86. The molecule has 4 unspecified atom stereocenters. The van der Waals surface area contributed by atoms with Crippen molar-refractivity contribution in [1.82, 2.24) is 0 Å². The molecule has 0 amide bonds. The minimum absolute atomic E-state index is 0.0472. The first kappa shape index (κ1) is 7.36. The Labute approximate surface area is 77.3 Å². The van der Waals surface area contributed by atoms with Crippen LogP contribution in [-0.2, 0) is 9.53 Å². The molecule has 1 saturated carbocycles. The number of hydrogen-bond donors (Lipinski definition) is 0. The fourth-order valence-electron chi connectivity index (χ4n) is 3.02. The van der Waals surface area contributed by atoms with Crippen molar-refractivity contribution in [3.8, 4) is 0 Å². The van der Waals surface area contributed by atoms with E-state index in [0.717, 1.165) is 6.42 Å². The minimum atomic E-state index is -0.0472. The summed E-state index contributed by atoms with van der Waals surface area (Å²) in [6, 6.07) is 0. The van der Waals surface area contributed by atoms with Gasteiger partial charge in [-0.25, -0.2) is 0 Å². The van der Waals surface area contributed by atoms with Crippen LogP contribution in [0.25, 0.3) is 0 Å². The quantitative estimate of drug-likeness (QED) is 0.416. The molecule has 0 spiro atoms. The summed E-state index contributed by atoms with van der Waals surface area (Å²) >= 11 is 0. The minimum Gasteiger partial charge on any atom is -0.431 e. The van der Waals surface area contributed by atoms with Gasteiger partial charge in [0.15, 0.2) is 0 Å². The van der Waals surface area contributed by atoms with Crippen LogP contribution in [0.4, 0.5) is 0 Å². The largest absolute Gasteiger partial charge is 0.431 e. The second kappa shape index (κ2) is 2.25. The van der Waals surface area contributed by atoms with Gasteiger partial charge in [0.2, 0.25) is 0 Å². The smallest absolute Gasteiger partial charge is 0.315 e. The Morgan fingerprint density at radius 3 is 2.38 bits per heavy atom. The highest BCUT2D eigenvalue weighted by Gasteiger charge is 2.51. The van der Waals surface area contributed by atoms with Crippen LogP contribution in [0.3, 0.4) is 0 Å². The maximum Gasteiger partial charge on any atom is 0.315 e. The predicted molar refractivity (Wildman–Crippen MR) is 47.6 cm³/mol. The highest BCUT2D eigenvalue weighted by Crippen LogP contribution is 2.51. The highest BCUT2D eigenvalue weighted by molar-refractivity contribution is 5.78. The van der Waals surface area contributed by atoms with Crippen molar-refractivity contribution in [3.05, 3.63) is 24.5 Å². The van der Waals surface area contributed by atoms with Gasteiger partial charge in [-0.3, -0.25) is 4.79 Å². The number of ether oxygens (including phenoxy) is 1. The summed E-state index contributed by atoms with van der Waals surface area (Å²) < 4.78 is 5.12. The Morgan fingerprint density at radius 1 is 1.23 bits per heavy atom. The van der Waals surface area contributed by atoms with Gasteiger partial charge < -0.3 is 4.74 Å². The molecule has 3 aliphatic carbocycles. The van der Waals surface area contributed by atoms with Crippen LogP contribution >= 0.6 is 0 Å². The lowest BCUT2D eigenvalue weighted by Crippen LogP contribution is -2.36. The van der Waals surface area contributed by atoms with Gasteiger partial charge in [0.1, 0.15) is 5.76 Å². The number of hydrogen-bond acceptors (Lipinski definition) is 2. The molecular formula is C11H12O2. The van der Waals surface area contributed by atoms with E-state index in [1.807, 2.05) is 0 Å². The van der Waals surface area contributed by atoms with Gasteiger partial charge in [0, 0.05) is 5.92 Å². The maximum absolute atomic E-state index is 11.5. The highest BCUT2D eigenvalue weighted by atomic mass is 16.5. The van der Waals surface area contributed by atoms with Crippen molar-refractivity contribution in [2.75, 3.05) is 0 Å². The van der Waals surface area contributed by atoms with Gasteiger partial charge >= 0.3 is 5.97 Å². The van der Waals surface area contributed by atoms with Gasteiger partial charge in [-0.2, -0.15) is 0 Å². The molecule has 4 aliphatic rings. The molecule has 1 heterocycles. The van der Waals surface area contributed by atoms with E-state index in [9.17, 15) is 4.79 Å². The third kappa shape index (κ3) is 0.808. The molecule has 4 atom stereocenters. The number of rotatable bonds is 0. The van der Waals surface area contributed by atoms with Gasteiger partial charge in [-0.05, 0) is 24.7 Å². The zero-order chi connectivity index (χ0) is 9.00. The Kier molecular flexibility index (Phi) is 1.27. The van der Waals surface area contributed by atoms with Crippen molar-refractivity contribution in [3.63, 3.8) is 0 Å². The van der Waals surface area contributed by atoms with Gasteiger partial charge in [-0.15, -0.1) is 0 Å². The van der Waals surface area contributed by atoms with E-state index in [0.29, 0.717) is 17.6 Å². The van der Waals surface area contributed by atoms with Crippen LogP contribution < -0.4 is 0 Å². The average molecular weight is 176 g/mol. The van der Waals surface area contributed by atoms with E-state index in [1.54, 1.807) is 0 Å². The molecule has 0 aromatic heterocycles. The maximum atomic E-state index is 11.5. The van der Waals surface area contributed by atoms with Crippen molar-refractivity contribution >= 4 is 5.97 Å². The summed E-state index contributed by atoms with van der Waals surface area (Å²) in [6.07, 6.45) is 6.76. The molecule has 1 saturated heterocycles. The zero-order valence-corrected chi connectivity index (χ0v) is 7.40. The third-order valence-electron chi connectivity index (χ3n) is 3.62. The lowest BCUT2D eigenvalue weighted by molar-refractivity contribution is -0.141. The van der Waals surface area contributed by atoms with E-state index >= 15 is 0 Å². The summed E-state index contributed by atoms with van der Waals surface area (Å²) in [5.41, 5.74) is 0. The van der Waals surface area contributed by atoms with Gasteiger partial charge in [0.05, 0.1) is 5.92 Å². The number of esters is 1. The average Bonchev–Trinajstić information content (AvgIpc) is 2.47. The summed E-state index contributed by atoms with van der Waals surface area (Å²) in [5, 5.41) is 0. The Bertz CT molecular complexity index is 286. The normalized spacial score (nSPS) is 46.5. The molecule has 2 bridgehead atoms. The molecule has 13 heavy (non-hydrogen) atoms. The molecule has 0 aromatic carbocycles. The standard InChI is InChI=1S/C11H12O2/c1-6-9-7-2-4-8(5-3-7)10(9)11(12)13-6/h2,4,7-10H,1,3,5H2. The monoisotopic (exact) mass is 176 g/mol. The number of fused-ring (bicyclic) bond motifs is 1. The number of allylic oxidation sites excluding steroid dienone is 3. The Morgan fingerprint density at radius 2 is 1.85 bits per heavy atom. The van der Waals surface area contributed by atoms with E-state index in [-0.39, 0.29) is 17.8 Å². The summed E-state index contributed by atoms with van der Waals surface area (Å²) in [5.74, 6) is 1.96. The van der Waals surface area contributed by atoms with Crippen LogP contribution in [0.5, 0.6) is 0 Å². The van der Waals surface area contributed by atoms with Crippen LogP contribution in [0.1, 0.15) is 12.8 Å². The summed E-state index contributed by atoms with van der Waals surface area (Å²) in [7, 11) is 0. The fraction of sp³-hybridized carbons (Fsp3) is 0.545. The zero-order valence-electron chi connectivity index (χ0n) is 7.40. The van der Waals surface area contributed by atoms with Crippen molar-refractivity contribution in [2.45, 2.75) is 12.8 Å². The van der Waals surface area contributed by atoms with Crippen molar-refractivity contribution in [2.24, 2.45) is 23.7 Å². The molecule has 68 valence electrons. The molecule has 0 aromatic rings. The van der Waals surface area contributed by atoms with E-state index < -0.39 is 0 Å². The van der Waals surface area contributed by atoms with E-state index in [1.165, 1.54) is 6.42 Å². The molecule has 1 aliphatic heterocycles. The van der Waals surface area contributed by atoms with E-state index in [2.05, 4.69) is 18.7 Å². The Hall–Kier alpha value is -1.05. The van der Waals surface area contributed by atoms with Crippen molar-refractivity contribution < 1.29 is 9.53 Å². The van der Waals surface area contributed by atoms with Gasteiger partial charge in [0.25, 0.3) is 0 Å². The van der Waals surface area contributed by atoms with Crippen LogP contribution in [0.2, 0.25) is 0 Å². The van der Waals surface area contributed by atoms with E-state index in [4.69, 9.17) is 4.74 Å². The molecule has 0 radical (unpaired) electrons. The molecular weight excluding hydrogens is 164 g/mol. The predicted octanol–water partition coefficient (Wildman–Crippen LogP) is 1.89. The van der Waals surface area contributed by atoms with Crippen LogP contribution in [0, 0.1) is 23.7 Å².